The lowest BCUT2D eigenvalue weighted by Crippen LogP contribution is -2.31. The summed E-state index contributed by atoms with van der Waals surface area (Å²) in [6.07, 6.45) is 7.35. The van der Waals surface area contributed by atoms with Crippen LogP contribution in [0.1, 0.15) is 31.9 Å². The number of esters is 1. The maximum atomic E-state index is 12.2. The van der Waals surface area contributed by atoms with Crippen molar-refractivity contribution < 1.29 is 9.53 Å². The molecule has 4 aromatic rings. The van der Waals surface area contributed by atoms with E-state index in [2.05, 4.69) is 22.4 Å². The summed E-state index contributed by atoms with van der Waals surface area (Å²) >= 11 is 1.52. The summed E-state index contributed by atoms with van der Waals surface area (Å²) in [5.74, 6) is 0.891. The van der Waals surface area contributed by atoms with Crippen molar-refractivity contribution >= 4 is 39.4 Å². The zero-order valence-electron chi connectivity index (χ0n) is 20.1. The summed E-state index contributed by atoms with van der Waals surface area (Å²) in [6.45, 7) is 6.08. The highest BCUT2D eigenvalue weighted by Gasteiger charge is 2.17. The minimum Gasteiger partial charge on any atom is -0.457 e. The van der Waals surface area contributed by atoms with E-state index >= 15 is 0 Å². The summed E-state index contributed by atoms with van der Waals surface area (Å²) in [5, 5.41) is 5.39. The van der Waals surface area contributed by atoms with Gasteiger partial charge in [-0.15, -0.1) is 11.3 Å². The van der Waals surface area contributed by atoms with Crippen molar-refractivity contribution in [2.45, 2.75) is 38.8 Å². The Kier molecular flexibility index (Phi) is 7.53. The molecule has 0 aliphatic carbocycles. The Labute approximate surface area is 209 Å². The van der Waals surface area contributed by atoms with Crippen LogP contribution < -0.4 is 11.1 Å². The number of thiophene rings is 1. The number of pyridine rings is 1. The molecule has 0 bridgehead atoms. The van der Waals surface area contributed by atoms with Gasteiger partial charge in [0, 0.05) is 47.6 Å². The van der Waals surface area contributed by atoms with Crippen molar-refractivity contribution in [2.24, 2.45) is 5.73 Å². The topological polar surface area (TPSA) is 103 Å². The standard InChI is InChI=1S/C27H29N5O2S/c1-27(2,3)34-22(33)10-9-20-17-35-24-23(20)31-25(19-11-13-29-14-12-19)32-26(24)30-16-21(28)15-18-7-5-4-6-8-18/h4-14,17,21H,15-16,28H2,1-3H3,(H,30,31,32)/t21-/m0/s1. The van der Waals surface area contributed by atoms with Crippen molar-refractivity contribution in [3.63, 3.8) is 0 Å². The van der Waals surface area contributed by atoms with Crippen molar-refractivity contribution in [3.8, 4) is 11.4 Å². The van der Waals surface area contributed by atoms with Gasteiger partial charge in [0.1, 0.15) is 11.4 Å². The molecule has 0 aliphatic heterocycles. The fraction of sp³-hybridized carbons (Fsp3) is 0.259. The SMILES string of the molecule is CC(C)(C)OC(=O)C=Cc1csc2c(NC[C@@H](N)Cc3ccccc3)nc(-c3ccncc3)nc12. The Bertz CT molecular complexity index is 1310. The predicted octanol–water partition coefficient (Wildman–Crippen LogP) is 5.09. The first kappa shape index (κ1) is 24.5. The molecule has 0 saturated carbocycles. The Morgan fingerprint density at radius 3 is 2.60 bits per heavy atom. The van der Waals surface area contributed by atoms with Gasteiger partial charge in [-0.2, -0.15) is 0 Å². The van der Waals surface area contributed by atoms with Crippen LogP contribution in [0.4, 0.5) is 5.82 Å². The average Bonchev–Trinajstić information content (AvgIpc) is 3.24. The van der Waals surface area contributed by atoms with Gasteiger partial charge in [0.2, 0.25) is 0 Å². The number of rotatable bonds is 8. The number of anilines is 1. The third-order valence-electron chi connectivity index (χ3n) is 5.06. The number of nitrogens with zero attached hydrogens (tertiary/aromatic N) is 3. The molecule has 3 aromatic heterocycles. The van der Waals surface area contributed by atoms with Crippen LogP contribution >= 0.6 is 11.3 Å². The lowest BCUT2D eigenvalue weighted by molar-refractivity contribution is -0.148. The molecule has 0 unspecified atom stereocenters. The molecule has 1 aromatic carbocycles. The molecule has 8 heteroatoms. The fourth-order valence-corrected chi connectivity index (χ4v) is 4.45. The summed E-state index contributed by atoms with van der Waals surface area (Å²) in [5.41, 5.74) is 9.49. The third kappa shape index (κ3) is 6.71. The van der Waals surface area contributed by atoms with E-state index < -0.39 is 11.6 Å². The number of fused-ring (bicyclic) bond motifs is 1. The highest BCUT2D eigenvalue weighted by molar-refractivity contribution is 7.18. The van der Waals surface area contributed by atoms with E-state index in [1.54, 1.807) is 18.5 Å². The van der Waals surface area contributed by atoms with Crippen LogP contribution in [-0.2, 0) is 16.0 Å². The van der Waals surface area contributed by atoms with E-state index in [0.717, 1.165) is 27.8 Å². The molecule has 0 radical (unpaired) electrons. The summed E-state index contributed by atoms with van der Waals surface area (Å²) in [4.78, 5) is 25.9. The summed E-state index contributed by atoms with van der Waals surface area (Å²) in [7, 11) is 0. The lowest BCUT2D eigenvalue weighted by atomic mass is 10.1. The molecule has 180 valence electrons. The number of hydrogen-bond donors (Lipinski definition) is 2. The second-order valence-electron chi connectivity index (χ2n) is 9.20. The largest absolute Gasteiger partial charge is 0.457 e. The van der Waals surface area contributed by atoms with E-state index in [9.17, 15) is 4.79 Å². The minimum absolute atomic E-state index is 0.0849. The molecular weight excluding hydrogens is 458 g/mol. The second kappa shape index (κ2) is 10.8. The van der Waals surface area contributed by atoms with Gasteiger partial charge in [0.25, 0.3) is 0 Å². The van der Waals surface area contributed by atoms with E-state index in [1.807, 2.05) is 56.5 Å². The molecule has 35 heavy (non-hydrogen) atoms. The van der Waals surface area contributed by atoms with E-state index in [1.165, 1.54) is 23.0 Å². The van der Waals surface area contributed by atoms with E-state index in [-0.39, 0.29) is 6.04 Å². The molecule has 3 N–H and O–H groups in total. The quantitative estimate of drug-likeness (QED) is 0.264. The Morgan fingerprint density at radius 1 is 1.14 bits per heavy atom. The lowest BCUT2D eigenvalue weighted by Gasteiger charge is -2.17. The van der Waals surface area contributed by atoms with Gasteiger partial charge in [-0.3, -0.25) is 4.98 Å². The maximum Gasteiger partial charge on any atom is 0.331 e. The van der Waals surface area contributed by atoms with Crippen molar-refractivity contribution in [1.29, 1.82) is 0 Å². The molecule has 3 heterocycles. The van der Waals surface area contributed by atoms with Gasteiger partial charge < -0.3 is 15.8 Å². The van der Waals surface area contributed by atoms with Crippen LogP contribution in [0, 0.1) is 0 Å². The molecular formula is C27H29N5O2S. The number of benzene rings is 1. The van der Waals surface area contributed by atoms with Gasteiger partial charge >= 0.3 is 5.97 Å². The van der Waals surface area contributed by atoms with Crippen molar-refractivity contribution in [3.05, 3.63) is 77.4 Å². The van der Waals surface area contributed by atoms with Gasteiger partial charge in [-0.25, -0.2) is 14.8 Å². The highest BCUT2D eigenvalue weighted by atomic mass is 32.1. The first-order valence-corrected chi connectivity index (χ1v) is 12.3. The van der Waals surface area contributed by atoms with E-state index in [4.69, 9.17) is 20.4 Å². The molecule has 1 atom stereocenters. The zero-order chi connectivity index (χ0) is 24.8. The molecule has 0 spiro atoms. The van der Waals surface area contributed by atoms with Crippen LogP contribution in [0.3, 0.4) is 0 Å². The summed E-state index contributed by atoms with van der Waals surface area (Å²) in [6, 6.07) is 13.8. The monoisotopic (exact) mass is 487 g/mol. The average molecular weight is 488 g/mol. The third-order valence-corrected chi connectivity index (χ3v) is 6.05. The fourth-order valence-electron chi connectivity index (χ4n) is 3.51. The molecule has 7 nitrogen and oxygen atoms in total. The number of carbonyl (C=O) groups excluding carboxylic acids is 1. The molecule has 0 fully saturated rings. The summed E-state index contributed by atoms with van der Waals surface area (Å²) < 4.78 is 6.29. The van der Waals surface area contributed by atoms with Crippen molar-refractivity contribution in [1.82, 2.24) is 15.0 Å². The van der Waals surface area contributed by atoms with Crippen LogP contribution in [0.15, 0.2) is 66.3 Å². The number of carbonyl (C=O) groups is 1. The number of nitrogens with one attached hydrogen (secondary N) is 1. The van der Waals surface area contributed by atoms with E-state index in [0.29, 0.717) is 18.2 Å². The Hall–Kier alpha value is -3.62. The van der Waals surface area contributed by atoms with Crippen LogP contribution in [0.2, 0.25) is 0 Å². The van der Waals surface area contributed by atoms with Crippen molar-refractivity contribution in [2.75, 3.05) is 11.9 Å². The van der Waals surface area contributed by atoms with Crippen LogP contribution in [0.5, 0.6) is 0 Å². The molecule has 4 rings (SSSR count). The Balaban J connectivity index is 1.62. The minimum atomic E-state index is -0.551. The van der Waals surface area contributed by atoms with Gasteiger partial charge in [0.15, 0.2) is 5.82 Å². The second-order valence-corrected chi connectivity index (χ2v) is 10.1. The smallest absolute Gasteiger partial charge is 0.331 e. The number of nitrogens with two attached hydrogens (primary N) is 1. The predicted molar refractivity (Wildman–Crippen MR) is 142 cm³/mol. The van der Waals surface area contributed by atoms with Gasteiger partial charge in [-0.1, -0.05) is 30.3 Å². The number of hydrogen-bond acceptors (Lipinski definition) is 8. The van der Waals surface area contributed by atoms with Gasteiger partial charge in [0.05, 0.1) is 10.2 Å². The first-order chi connectivity index (χ1) is 16.8. The van der Waals surface area contributed by atoms with Crippen LogP contribution in [0.25, 0.3) is 27.7 Å². The van der Waals surface area contributed by atoms with Crippen LogP contribution in [-0.4, -0.2) is 39.1 Å². The molecule has 0 amide bonds. The first-order valence-electron chi connectivity index (χ1n) is 11.4. The van der Waals surface area contributed by atoms with Gasteiger partial charge in [-0.05, 0) is 51.0 Å². The molecule has 0 saturated heterocycles. The number of ether oxygens (including phenoxy) is 1. The maximum absolute atomic E-state index is 12.2. The normalized spacial score (nSPS) is 12.7. The highest BCUT2D eigenvalue weighted by Crippen LogP contribution is 2.33. The molecule has 0 aliphatic rings. The number of aromatic nitrogens is 3. The Morgan fingerprint density at radius 2 is 1.89 bits per heavy atom. The zero-order valence-corrected chi connectivity index (χ0v) is 20.9.